The molecule has 0 saturated carbocycles. The highest BCUT2D eigenvalue weighted by atomic mass is 19.2. The predicted octanol–water partition coefficient (Wildman–Crippen LogP) is 2.62. The van der Waals surface area contributed by atoms with E-state index < -0.39 is 11.6 Å². The van der Waals surface area contributed by atoms with Crippen molar-refractivity contribution < 1.29 is 8.78 Å². The van der Waals surface area contributed by atoms with Gasteiger partial charge in [0.1, 0.15) is 0 Å². The van der Waals surface area contributed by atoms with Gasteiger partial charge in [-0.1, -0.05) is 6.92 Å². The zero-order chi connectivity index (χ0) is 15.5. The highest BCUT2D eigenvalue weighted by molar-refractivity contribution is 5.47. The normalized spacial score (nSPS) is 24.1. The monoisotopic (exact) mass is 309 g/mol. The van der Waals surface area contributed by atoms with E-state index in [2.05, 4.69) is 22.0 Å². The molecule has 0 bridgehead atoms. The van der Waals surface area contributed by atoms with E-state index in [1.807, 2.05) is 0 Å². The van der Waals surface area contributed by atoms with E-state index in [0.717, 1.165) is 44.7 Å². The van der Waals surface area contributed by atoms with Crippen LogP contribution in [0.5, 0.6) is 0 Å². The van der Waals surface area contributed by atoms with E-state index in [4.69, 9.17) is 0 Å². The Hall–Kier alpha value is -1.20. The van der Waals surface area contributed by atoms with E-state index in [1.54, 1.807) is 6.07 Å². The zero-order valence-electron chi connectivity index (χ0n) is 13.2. The largest absolute Gasteiger partial charge is 0.371 e. The fraction of sp³-hybridized carbons (Fsp3) is 0.647. The molecule has 0 radical (unpaired) electrons. The molecule has 2 heterocycles. The van der Waals surface area contributed by atoms with Crippen LogP contribution in [0.2, 0.25) is 0 Å². The molecule has 2 saturated heterocycles. The van der Waals surface area contributed by atoms with Crippen molar-refractivity contribution in [2.45, 2.75) is 38.3 Å². The highest BCUT2D eigenvalue weighted by Gasteiger charge is 2.26. The Labute approximate surface area is 131 Å². The number of benzene rings is 1. The van der Waals surface area contributed by atoms with Gasteiger partial charge in [-0.15, -0.1) is 0 Å². The first-order valence-electron chi connectivity index (χ1n) is 8.34. The molecule has 1 aromatic rings. The molecule has 2 aliphatic heterocycles. The van der Waals surface area contributed by atoms with Crippen LogP contribution in [0.1, 0.15) is 26.2 Å². The minimum atomic E-state index is -0.776. The van der Waals surface area contributed by atoms with Gasteiger partial charge in [-0.25, -0.2) is 8.78 Å². The number of nitrogens with one attached hydrogen (secondary N) is 1. The molecular formula is C17H25F2N3. The number of nitrogens with zero attached hydrogens (tertiary/aromatic N) is 2. The third-order valence-electron chi connectivity index (χ3n) is 4.95. The topological polar surface area (TPSA) is 18.5 Å². The smallest absolute Gasteiger partial charge is 0.160 e. The molecule has 0 amide bonds. The number of rotatable bonds is 4. The van der Waals surface area contributed by atoms with Crippen molar-refractivity contribution in [1.29, 1.82) is 0 Å². The number of piperidine rings is 1. The summed E-state index contributed by atoms with van der Waals surface area (Å²) in [7, 11) is 0. The van der Waals surface area contributed by atoms with Crippen molar-refractivity contribution in [2.75, 3.05) is 37.6 Å². The van der Waals surface area contributed by atoms with E-state index in [-0.39, 0.29) is 0 Å². The Bertz CT molecular complexity index is 501. The maximum absolute atomic E-state index is 13.3. The van der Waals surface area contributed by atoms with Crippen LogP contribution in [0.3, 0.4) is 0 Å². The Morgan fingerprint density at radius 1 is 1.05 bits per heavy atom. The summed E-state index contributed by atoms with van der Waals surface area (Å²) in [5, 5.41) is 3.77. The van der Waals surface area contributed by atoms with E-state index in [0.29, 0.717) is 12.1 Å². The van der Waals surface area contributed by atoms with Crippen molar-refractivity contribution in [2.24, 2.45) is 0 Å². The van der Waals surface area contributed by atoms with Crippen molar-refractivity contribution in [1.82, 2.24) is 10.2 Å². The van der Waals surface area contributed by atoms with E-state index in [1.165, 1.54) is 25.1 Å². The van der Waals surface area contributed by atoms with Crippen molar-refractivity contribution >= 4 is 5.69 Å². The number of likely N-dealkylation sites (tertiary alicyclic amines) is 1. The maximum Gasteiger partial charge on any atom is 0.160 e. The number of likely N-dealkylation sites (N-methyl/N-ethyl adjacent to an activating group) is 1. The summed E-state index contributed by atoms with van der Waals surface area (Å²) in [4.78, 5) is 4.63. The Morgan fingerprint density at radius 2 is 1.77 bits per heavy atom. The molecule has 1 atom stereocenters. The Balaban J connectivity index is 1.49. The molecule has 5 heteroatoms. The first kappa shape index (κ1) is 15.7. The average Bonchev–Trinajstić information content (AvgIpc) is 2.98. The lowest BCUT2D eigenvalue weighted by Gasteiger charge is -2.35. The molecule has 3 nitrogen and oxygen atoms in total. The first-order chi connectivity index (χ1) is 10.7. The van der Waals surface area contributed by atoms with Gasteiger partial charge in [0.05, 0.1) is 0 Å². The number of anilines is 1. The average molecular weight is 309 g/mol. The molecule has 22 heavy (non-hydrogen) atoms. The molecule has 1 aromatic carbocycles. The summed E-state index contributed by atoms with van der Waals surface area (Å²) < 4.78 is 26.3. The molecule has 2 aliphatic rings. The van der Waals surface area contributed by atoms with Crippen LogP contribution in [0, 0.1) is 11.6 Å². The van der Waals surface area contributed by atoms with Crippen LogP contribution in [-0.2, 0) is 0 Å². The molecule has 1 N–H and O–H groups in total. The van der Waals surface area contributed by atoms with Crippen molar-refractivity contribution in [3.05, 3.63) is 29.8 Å². The second kappa shape index (κ2) is 6.92. The molecule has 3 rings (SSSR count). The fourth-order valence-electron chi connectivity index (χ4n) is 3.58. The zero-order valence-corrected chi connectivity index (χ0v) is 13.2. The second-order valence-electron chi connectivity index (χ2n) is 6.41. The van der Waals surface area contributed by atoms with Gasteiger partial charge in [0, 0.05) is 43.5 Å². The quantitative estimate of drug-likeness (QED) is 0.922. The summed E-state index contributed by atoms with van der Waals surface area (Å²) in [5.74, 6) is -1.54. The standard InChI is InChI=1S/C17H25F2N3/c1-2-21-8-5-14(12-21)20-13-6-9-22(10-7-13)15-3-4-16(18)17(19)11-15/h3-4,11,13-14,20H,2,5-10,12H2,1H3. The van der Waals surface area contributed by atoms with E-state index >= 15 is 0 Å². The minimum Gasteiger partial charge on any atom is -0.371 e. The summed E-state index contributed by atoms with van der Waals surface area (Å²) in [5.41, 5.74) is 0.787. The van der Waals surface area contributed by atoms with Crippen LogP contribution < -0.4 is 10.2 Å². The first-order valence-corrected chi connectivity index (χ1v) is 8.34. The molecule has 0 aliphatic carbocycles. The number of hydrogen-bond acceptors (Lipinski definition) is 3. The third kappa shape index (κ3) is 3.58. The fourth-order valence-corrected chi connectivity index (χ4v) is 3.58. The van der Waals surface area contributed by atoms with Crippen LogP contribution in [0.4, 0.5) is 14.5 Å². The van der Waals surface area contributed by atoms with Gasteiger partial charge in [0.2, 0.25) is 0 Å². The number of halogens is 2. The van der Waals surface area contributed by atoms with E-state index in [9.17, 15) is 8.78 Å². The lowest BCUT2D eigenvalue weighted by molar-refractivity contribution is 0.324. The lowest BCUT2D eigenvalue weighted by Crippen LogP contribution is -2.47. The van der Waals surface area contributed by atoms with Gasteiger partial charge >= 0.3 is 0 Å². The van der Waals surface area contributed by atoms with Gasteiger partial charge in [-0.2, -0.15) is 0 Å². The van der Waals surface area contributed by atoms with Crippen LogP contribution in [0.15, 0.2) is 18.2 Å². The molecule has 2 fully saturated rings. The molecular weight excluding hydrogens is 284 g/mol. The number of hydrogen-bond donors (Lipinski definition) is 1. The molecule has 0 aromatic heterocycles. The molecule has 122 valence electrons. The second-order valence-corrected chi connectivity index (χ2v) is 6.41. The van der Waals surface area contributed by atoms with Crippen molar-refractivity contribution in [3.63, 3.8) is 0 Å². The summed E-state index contributed by atoms with van der Waals surface area (Å²) in [6.07, 6.45) is 3.35. The van der Waals surface area contributed by atoms with Gasteiger partial charge in [-0.3, -0.25) is 0 Å². The Kier molecular flexibility index (Phi) is 4.93. The lowest BCUT2D eigenvalue weighted by atomic mass is 10.0. The summed E-state index contributed by atoms with van der Waals surface area (Å²) >= 11 is 0. The predicted molar refractivity (Wildman–Crippen MR) is 85.2 cm³/mol. The van der Waals surface area contributed by atoms with Crippen molar-refractivity contribution in [3.8, 4) is 0 Å². The van der Waals surface area contributed by atoms with Gasteiger partial charge in [-0.05, 0) is 44.5 Å². The van der Waals surface area contributed by atoms with Crippen LogP contribution in [0.25, 0.3) is 0 Å². The van der Waals surface area contributed by atoms with Crippen LogP contribution >= 0.6 is 0 Å². The summed E-state index contributed by atoms with van der Waals surface area (Å²) in [6, 6.07) is 5.34. The van der Waals surface area contributed by atoms with Gasteiger partial charge in [0.15, 0.2) is 11.6 Å². The highest BCUT2D eigenvalue weighted by Crippen LogP contribution is 2.23. The van der Waals surface area contributed by atoms with Crippen LogP contribution in [-0.4, -0.2) is 49.7 Å². The molecule has 0 spiro atoms. The third-order valence-corrected chi connectivity index (χ3v) is 4.95. The SMILES string of the molecule is CCN1CCC(NC2CCN(c3ccc(F)c(F)c3)CC2)C1. The maximum atomic E-state index is 13.3. The van der Waals surface area contributed by atoms with Gasteiger partial charge < -0.3 is 15.1 Å². The van der Waals surface area contributed by atoms with Gasteiger partial charge in [0.25, 0.3) is 0 Å². The minimum absolute atomic E-state index is 0.545. The summed E-state index contributed by atoms with van der Waals surface area (Å²) in [6.45, 7) is 7.48. The molecule has 1 unspecified atom stereocenters. The Morgan fingerprint density at radius 3 is 2.41 bits per heavy atom.